The maximum absolute atomic E-state index is 6.10. The summed E-state index contributed by atoms with van der Waals surface area (Å²) in [7, 11) is 3.38. The van der Waals surface area contributed by atoms with Crippen molar-refractivity contribution in [3.8, 4) is 11.5 Å². The molecule has 0 fully saturated rings. The highest BCUT2D eigenvalue weighted by Gasteiger charge is 2.24. The van der Waals surface area contributed by atoms with Crippen LogP contribution in [0.15, 0.2) is 12.1 Å². The van der Waals surface area contributed by atoms with Crippen LogP contribution in [0.1, 0.15) is 25.0 Å². The van der Waals surface area contributed by atoms with Crippen molar-refractivity contribution in [3.05, 3.63) is 23.3 Å². The van der Waals surface area contributed by atoms with E-state index >= 15 is 0 Å². The molecule has 0 amide bonds. The fourth-order valence-electron chi connectivity index (χ4n) is 2.76. The summed E-state index contributed by atoms with van der Waals surface area (Å²) < 4.78 is 10.9. The minimum atomic E-state index is -0.159. The second kappa shape index (κ2) is 5.39. The number of methoxy groups -OCH3 is 2. The maximum Gasteiger partial charge on any atom is 0.164 e. The van der Waals surface area contributed by atoms with Crippen LogP contribution in [0.2, 0.25) is 0 Å². The first-order valence-electron chi connectivity index (χ1n) is 6.68. The van der Waals surface area contributed by atoms with Gasteiger partial charge in [-0.05, 0) is 31.9 Å². The highest BCUT2D eigenvalue weighted by Crippen LogP contribution is 2.36. The molecular formula is C15H24N2O2. The zero-order valence-corrected chi connectivity index (χ0v) is 12.3. The third-order valence-electron chi connectivity index (χ3n) is 3.45. The van der Waals surface area contributed by atoms with Crippen LogP contribution in [0.4, 0.5) is 0 Å². The summed E-state index contributed by atoms with van der Waals surface area (Å²) in [5.41, 5.74) is 8.53. The number of hydrogen-bond donors (Lipinski definition) is 1. The van der Waals surface area contributed by atoms with E-state index in [1.165, 1.54) is 11.1 Å². The molecule has 1 aromatic carbocycles. The third-order valence-corrected chi connectivity index (χ3v) is 3.45. The predicted molar refractivity (Wildman–Crippen MR) is 76.8 cm³/mol. The Hall–Kier alpha value is -1.26. The van der Waals surface area contributed by atoms with Crippen LogP contribution in [0.25, 0.3) is 0 Å². The Kier molecular flexibility index (Phi) is 4.02. The fourth-order valence-corrected chi connectivity index (χ4v) is 2.76. The number of benzene rings is 1. The first-order valence-corrected chi connectivity index (χ1v) is 6.68. The molecule has 1 heterocycles. The van der Waals surface area contributed by atoms with Crippen LogP contribution in [0, 0.1) is 0 Å². The largest absolute Gasteiger partial charge is 0.493 e. The molecule has 2 rings (SSSR count). The molecule has 0 radical (unpaired) electrons. The smallest absolute Gasteiger partial charge is 0.164 e. The van der Waals surface area contributed by atoms with Gasteiger partial charge in [-0.25, -0.2) is 0 Å². The van der Waals surface area contributed by atoms with Crippen LogP contribution < -0.4 is 15.2 Å². The Morgan fingerprint density at radius 2 is 2.00 bits per heavy atom. The zero-order chi connectivity index (χ0) is 14.0. The molecule has 0 bridgehead atoms. The first-order chi connectivity index (χ1) is 8.94. The number of nitrogens with two attached hydrogens (primary N) is 1. The van der Waals surface area contributed by atoms with Gasteiger partial charge in [-0.1, -0.05) is 6.07 Å². The normalized spacial score (nSPS) is 16.1. The minimum absolute atomic E-state index is 0.159. The second-order valence-electron chi connectivity index (χ2n) is 5.89. The van der Waals surface area contributed by atoms with Gasteiger partial charge in [0.15, 0.2) is 11.5 Å². The van der Waals surface area contributed by atoms with Gasteiger partial charge in [0.2, 0.25) is 0 Å². The molecule has 1 aliphatic heterocycles. The standard InChI is InChI=1S/C15H24N2O2/c1-15(2,16)10-17-8-7-12-11(9-17)5-6-13(18-3)14(12)19-4/h5-6H,7-10,16H2,1-4H3. The lowest BCUT2D eigenvalue weighted by molar-refractivity contribution is 0.207. The molecule has 0 saturated heterocycles. The van der Waals surface area contributed by atoms with Crippen molar-refractivity contribution >= 4 is 0 Å². The van der Waals surface area contributed by atoms with Crippen molar-refractivity contribution < 1.29 is 9.47 Å². The lowest BCUT2D eigenvalue weighted by Crippen LogP contribution is -2.46. The van der Waals surface area contributed by atoms with Crippen LogP contribution in [0.3, 0.4) is 0 Å². The van der Waals surface area contributed by atoms with Crippen molar-refractivity contribution in [1.82, 2.24) is 4.90 Å². The van der Waals surface area contributed by atoms with Gasteiger partial charge in [0.25, 0.3) is 0 Å². The highest BCUT2D eigenvalue weighted by atomic mass is 16.5. The van der Waals surface area contributed by atoms with E-state index in [2.05, 4.69) is 24.8 Å². The van der Waals surface area contributed by atoms with Crippen molar-refractivity contribution in [2.75, 3.05) is 27.3 Å². The molecular weight excluding hydrogens is 240 g/mol. The van der Waals surface area contributed by atoms with E-state index < -0.39 is 0 Å². The third kappa shape index (κ3) is 3.19. The summed E-state index contributed by atoms with van der Waals surface area (Å²) >= 11 is 0. The quantitative estimate of drug-likeness (QED) is 0.901. The molecule has 0 aromatic heterocycles. The molecule has 106 valence electrons. The average molecular weight is 264 g/mol. The molecule has 0 aliphatic carbocycles. The number of hydrogen-bond acceptors (Lipinski definition) is 4. The molecule has 0 spiro atoms. The SMILES string of the molecule is COc1ccc2c(c1OC)CCN(CC(C)(C)N)C2. The molecule has 19 heavy (non-hydrogen) atoms. The molecule has 4 nitrogen and oxygen atoms in total. The van der Waals surface area contributed by atoms with E-state index in [-0.39, 0.29) is 5.54 Å². The Morgan fingerprint density at radius 1 is 1.26 bits per heavy atom. The summed E-state index contributed by atoms with van der Waals surface area (Å²) in [6.07, 6.45) is 0.978. The highest BCUT2D eigenvalue weighted by molar-refractivity contribution is 5.51. The van der Waals surface area contributed by atoms with Gasteiger partial charge in [-0.2, -0.15) is 0 Å². The lowest BCUT2D eigenvalue weighted by atomic mass is 9.96. The minimum Gasteiger partial charge on any atom is -0.493 e. The van der Waals surface area contributed by atoms with Crippen molar-refractivity contribution in [2.45, 2.75) is 32.4 Å². The number of fused-ring (bicyclic) bond motifs is 1. The molecule has 1 aliphatic rings. The molecule has 2 N–H and O–H groups in total. The number of ether oxygens (including phenoxy) is 2. The zero-order valence-electron chi connectivity index (χ0n) is 12.3. The molecule has 4 heteroatoms. The maximum atomic E-state index is 6.10. The van der Waals surface area contributed by atoms with Crippen LogP contribution in [0.5, 0.6) is 11.5 Å². The van der Waals surface area contributed by atoms with Gasteiger partial charge in [0.1, 0.15) is 0 Å². The van der Waals surface area contributed by atoms with Gasteiger partial charge < -0.3 is 15.2 Å². The number of rotatable bonds is 4. The van der Waals surface area contributed by atoms with E-state index in [1.54, 1.807) is 14.2 Å². The molecule has 0 atom stereocenters. The predicted octanol–water partition coefficient (Wildman–Crippen LogP) is 1.80. The summed E-state index contributed by atoms with van der Waals surface area (Å²) in [5.74, 6) is 1.69. The summed E-state index contributed by atoms with van der Waals surface area (Å²) in [5, 5.41) is 0. The van der Waals surface area contributed by atoms with E-state index in [4.69, 9.17) is 15.2 Å². The monoisotopic (exact) mass is 264 g/mol. The first kappa shape index (κ1) is 14.2. The Bertz CT molecular complexity index is 452. The van der Waals surface area contributed by atoms with Gasteiger partial charge in [-0.15, -0.1) is 0 Å². The summed E-state index contributed by atoms with van der Waals surface area (Å²) in [6.45, 7) is 6.97. The van der Waals surface area contributed by atoms with Crippen molar-refractivity contribution in [2.24, 2.45) is 5.73 Å². The van der Waals surface area contributed by atoms with Crippen molar-refractivity contribution in [3.63, 3.8) is 0 Å². The van der Waals surface area contributed by atoms with E-state index in [1.807, 2.05) is 6.07 Å². The number of nitrogens with zero attached hydrogens (tertiary/aromatic N) is 1. The van der Waals surface area contributed by atoms with Gasteiger partial charge in [0, 0.05) is 30.7 Å². The Labute approximate surface area is 115 Å². The van der Waals surface area contributed by atoms with Crippen LogP contribution in [-0.2, 0) is 13.0 Å². The molecule has 1 aromatic rings. The van der Waals surface area contributed by atoms with Gasteiger partial charge in [-0.3, -0.25) is 4.90 Å². The topological polar surface area (TPSA) is 47.7 Å². The average Bonchev–Trinajstić information content (AvgIpc) is 2.35. The summed E-state index contributed by atoms with van der Waals surface area (Å²) in [6, 6.07) is 4.11. The van der Waals surface area contributed by atoms with E-state index in [0.717, 1.165) is 37.6 Å². The summed E-state index contributed by atoms with van der Waals surface area (Å²) in [4.78, 5) is 2.40. The lowest BCUT2D eigenvalue weighted by Gasteiger charge is -2.34. The van der Waals surface area contributed by atoms with Crippen LogP contribution in [-0.4, -0.2) is 37.7 Å². The van der Waals surface area contributed by atoms with Crippen LogP contribution >= 0.6 is 0 Å². The van der Waals surface area contributed by atoms with Gasteiger partial charge in [0.05, 0.1) is 14.2 Å². The Balaban J connectivity index is 2.23. The molecule has 0 unspecified atom stereocenters. The second-order valence-corrected chi connectivity index (χ2v) is 5.89. The van der Waals surface area contributed by atoms with Crippen molar-refractivity contribution in [1.29, 1.82) is 0 Å². The molecule has 0 saturated carbocycles. The van der Waals surface area contributed by atoms with Gasteiger partial charge >= 0.3 is 0 Å². The van der Waals surface area contributed by atoms with E-state index in [0.29, 0.717) is 0 Å². The fraction of sp³-hybridized carbons (Fsp3) is 0.600. The Morgan fingerprint density at radius 3 is 2.58 bits per heavy atom. The van der Waals surface area contributed by atoms with E-state index in [9.17, 15) is 0 Å².